The molecule has 0 aliphatic rings. The van der Waals surface area contributed by atoms with Crippen molar-refractivity contribution in [2.45, 2.75) is 32.7 Å². The van der Waals surface area contributed by atoms with E-state index < -0.39 is 0 Å². The van der Waals surface area contributed by atoms with Gasteiger partial charge < -0.3 is 14.8 Å². The SMILES string of the molecule is COc1ccccc1[C@H](C)NC(=O)COc1ccccc1C(C)C. The standard InChI is InChI=1S/C20H25NO3/c1-14(2)16-9-5-8-12-19(16)24-13-20(22)21-15(3)17-10-6-7-11-18(17)23-4/h5-12,14-15H,13H2,1-4H3,(H,21,22)/t15-/m0/s1. The number of amides is 1. The van der Waals surface area contributed by atoms with Crippen LogP contribution in [0.5, 0.6) is 11.5 Å². The van der Waals surface area contributed by atoms with Crippen molar-refractivity contribution in [1.82, 2.24) is 5.32 Å². The van der Waals surface area contributed by atoms with Gasteiger partial charge in [0.05, 0.1) is 13.2 Å². The summed E-state index contributed by atoms with van der Waals surface area (Å²) >= 11 is 0. The van der Waals surface area contributed by atoms with Crippen LogP contribution >= 0.6 is 0 Å². The summed E-state index contributed by atoms with van der Waals surface area (Å²) in [6, 6.07) is 15.3. The lowest BCUT2D eigenvalue weighted by atomic mass is 10.0. The Balaban J connectivity index is 1.96. The van der Waals surface area contributed by atoms with Crippen LogP contribution in [0.25, 0.3) is 0 Å². The van der Waals surface area contributed by atoms with Gasteiger partial charge in [0.2, 0.25) is 0 Å². The van der Waals surface area contributed by atoms with Gasteiger partial charge in [-0.15, -0.1) is 0 Å². The van der Waals surface area contributed by atoms with Gasteiger partial charge in [0.25, 0.3) is 5.91 Å². The van der Waals surface area contributed by atoms with Crippen molar-refractivity contribution in [2.24, 2.45) is 0 Å². The molecule has 0 aliphatic carbocycles. The molecule has 2 aromatic rings. The van der Waals surface area contributed by atoms with Crippen molar-refractivity contribution >= 4 is 5.91 Å². The quantitative estimate of drug-likeness (QED) is 0.834. The third kappa shape index (κ3) is 4.51. The van der Waals surface area contributed by atoms with E-state index in [1.807, 2.05) is 55.5 Å². The maximum Gasteiger partial charge on any atom is 0.258 e. The second-order valence-electron chi connectivity index (χ2n) is 6.01. The van der Waals surface area contributed by atoms with E-state index in [4.69, 9.17) is 9.47 Å². The highest BCUT2D eigenvalue weighted by molar-refractivity contribution is 5.78. The number of benzene rings is 2. The van der Waals surface area contributed by atoms with Gasteiger partial charge in [0.1, 0.15) is 11.5 Å². The predicted molar refractivity (Wildman–Crippen MR) is 95.6 cm³/mol. The summed E-state index contributed by atoms with van der Waals surface area (Å²) in [7, 11) is 1.62. The normalized spacial score (nSPS) is 11.9. The van der Waals surface area contributed by atoms with E-state index in [-0.39, 0.29) is 18.6 Å². The number of hydrogen-bond acceptors (Lipinski definition) is 3. The largest absolute Gasteiger partial charge is 0.496 e. The maximum atomic E-state index is 12.2. The van der Waals surface area contributed by atoms with Crippen LogP contribution in [-0.4, -0.2) is 19.6 Å². The highest BCUT2D eigenvalue weighted by atomic mass is 16.5. The van der Waals surface area contributed by atoms with Crippen LogP contribution in [0.15, 0.2) is 48.5 Å². The molecule has 2 aromatic carbocycles. The molecule has 128 valence electrons. The Labute approximate surface area is 143 Å². The average Bonchev–Trinajstić information content (AvgIpc) is 2.60. The molecule has 0 saturated heterocycles. The first-order chi connectivity index (χ1) is 11.5. The molecule has 1 N–H and O–H groups in total. The van der Waals surface area contributed by atoms with Crippen LogP contribution < -0.4 is 14.8 Å². The number of methoxy groups -OCH3 is 1. The fourth-order valence-corrected chi connectivity index (χ4v) is 2.62. The molecule has 2 rings (SSSR count). The Hall–Kier alpha value is -2.49. The van der Waals surface area contributed by atoms with Crippen molar-refractivity contribution < 1.29 is 14.3 Å². The second kappa shape index (κ2) is 8.39. The number of carbonyl (C=O) groups excluding carboxylic acids is 1. The fraction of sp³-hybridized carbons (Fsp3) is 0.350. The molecule has 0 fully saturated rings. The second-order valence-corrected chi connectivity index (χ2v) is 6.01. The summed E-state index contributed by atoms with van der Waals surface area (Å²) < 4.78 is 11.0. The molecule has 0 unspecified atom stereocenters. The van der Waals surface area contributed by atoms with Crippen molar-refractivity contribution in [3.63, 3.8) is 0 Å². The van der Waals surface area contributed by atoms with Crippen LogP contribution in [0.2, 0.25) is 0 Å². The zero-order valence-electron chi connectivity index (χ0n) is 14.7. The van der Waals surface area contributed by atoms with E-state index in [2.05, 4.69) is 19.2 Å². The Bertz CT molecular complexity index is 682. The van der Waals surface area contributed by atoms with Crippen LogP contribution in [0, 0.1) is 0 Å². The minimum Gasteiger partial charge on any atom is -0.496 e. The van der Waals surface area contributed by atoms with E-state index >= 15 is 0 Å². The molecule has 0 saturated carbocycles. The molecule has 0 spiro atoms. The summed E-state index contributed by atoms with van der Waals surface area (Å²) in [5, 5.41) is 2.95. The molecule has 1 atom stereocenters. The van der Waals surface area contributed by atoms with Crippen molar-refractivity contribution in [3.05, 3.63) is 59.7 Å². The fourth-order valence-electron chi connectivity index (χ4n) is 2.62. The lowest BCUT2D eigenvalue weighted by Gasteiger charge is -2.18. The first-order valence-electron chi connectivity index (χ1n) is 8.17. The molecular weight excluding hydrogens is 302 g/mol. The van der Waals surface area contributed by atoms with Gasteiger partial charge in [-0.25, -0.2) is 0 Å². The van der Waals surface area contributed by atoms with Crippen molar-refractivity contribution in [3.8, 4) is 11.5 Å². The molecule has 0 bridgehead atoms. The molecule has 4 nitrogen and oxygen atoms in total. The molecule has 0 aliphatic heterocycles. The minimum atomic E-state index is -0.160. The lowest BCUT2D eigenvalue weighted by Crippen LogP contribution is -2.31. The smallest absolute Gasteiger partial charge is 0.258 e. The predicted octanol–water partition coefficient (Wildman–Crippen LogP) is 4.07. The first kappa shape index (κ1) is 17.9. The number of nitrogens with one attached hydrogen (secondary N) is 1. The Morgan fingerprint density at radius 3 is 2.17 bits per heavy atom. The molecule has 1 amide bonds. The summed E-state index contributed by atoms with van der Waals surface area (Å²) in [5.74, 6) is 1.70. The Morgan fingerprint density at radius 2 is 1.54 bits per heavy atom. The topological polar surface area (TPSA) is 47.6 Å². The van der Waals surface area contributed by atoms with Gasteiger partial charge in [-0.2, -0.15) is 0 Å². The maximum absolute atomic E-state index is 12.2. The lowest BCUT2D eigenvalue weighted by molar-refractivity contribution is -0.123. The third-order valence-corrected chi connectivity index (χ3v) is 3.88. The summed E-state index contributed by atoms with van der Waals surface area (Å²) in [6.07, 6.45) is 0. The summed E-state index contributed by atoms with van der Waals surface area (Å²) in [5.41, 5.74) is 2.04. The molecule has 24 heavy (non-hydrogen) atoms. The third-order valence-electron chi connectivity index (χ3n) is 3.88. The van der Waals surface area contributed by atoms with E-state index in [0.717, 1.165) is 22.6 Å². The van der Waals surface area contributed by atoms with Gasteiger partial charge in [-0.3, -0.25) is 4.79 Å². The zero-order valence-corrected chi connectivity index (χ0v) is 14.7. The molecule has 4 heteroatoms. The molecule has 0 heterocycles. The molecule has 0 aromatic heterocycles. The Kier molecular flexibility index (Phi) is 6.24. The van der Waals surface area contributed by atoms with Crippen molar-refractivity contribution in [2.75, 3.05) is 13.7 Å². The van der Waals surface area contributed by atoms with E-state index in [1.165, 1.54) is 0 Å². The monoisotopic (exact) mass is 327 g/mol. The van der Waals surface area contributed by atoms with E-state index in [9.17, 15) is 4.79 Å². The van der Waals surface area contributed by atoms with Gasteiger partial charge in [0.15, 0.2) is 6.61 Å². The number of ether oxygens (including phenoxy) is 2. The van der Waals surface area contributed by atoms with Crippen LogP contribution in [-0.2, 0) is 4.79 Å². The first-order valence-corrected chi connectivity index (χ1v) is 8.17. The number of rotatable bonds is 7. The highest BCUT2D eigenvalue weighted by Gasteiger charge is 2.15. The Morgan fingerprint density at radius 1 is 0.958 bits per heavy atom. The van der Waals surface area contributed by atoms with Gasteiger partial charge in [-0.05, 0) is 30.5 Å². The van der Waals surface area contributed by atoms with Crippen molar-refractivity contribution in [1.29, 1.82) is 0 Å². The van der Waals surface area contributed by atoms with E-state index in [0.29, 0.717) is 5.92 Å². The van der Waals surface area contributed by atoms with Crippen LogP contribution in [0.1, 0.15) is 43.9 Å². The van der Waals surface area contributed by atoms with E-state index in [1.54, 1.807) is 7.11 Å². The molecule has 0 radical (unpaired) electrons. The highest BCUT2D eigenvalue weighted by Crippen LogP contribution is 2.26. The number of hydrogen-bond donors (Lipinski definition) is 1. The van der Waals surface area contributed by atoms with Gasteiger partial charge in [0, 0.05) is 5.56 Å². The van der Waals surface area contributed by atoms with Gasteiger partial charge >= 0.3 is 0 Å². The minimum absolute atomic E-state index is 0.0107. The van der Waals surface area contributed by atoms with Gasteiger partial charge in [-0.1, -0.05) is 50.2 Å². The number of carbonyl (C=O) groups is 1. The molecular formula is C20H25NO3. The van der Waals surface area contributed by atoms with Crippen LogP contribution in [0.4, 0.5) is 0 Å². The summed E-state index contributed by atoms with van der Waals surface area (Å²) in [6.45, 7) is 6.12. The zero-order chi connectivity index (χ0) is 17.5. The number of para-hydroxylation sites is 2. The van der Waals surface area contributed by atoms with Crippen LogP contribution in [0.3, 0.4) is 0 Å². The average molecular weight is 327 g/mol. The summed E-state index contributed by atoms with van der Waals surface area (Å²) in [4.78, 5) is 12.2.